The maximum atomic E-state index is 13.6. The molecule has 0 radical (unpaired) electrons. The molecule has 0 bridgehead atoms. The van der Waals surface area contributed by atoms with Crippen LogP contribution in [0.1, 0.15) is 5.56 Å². The molecular formula is C11H14FN3O2S. The number of halogens is 1. The van der Waals surface area contributed by atoms with E-state index in [2.05, 4.69) is 0 Å². The predicted molar refractivity (Wildman–Crippen MR) is 68.3 cm³/mol. The van der Waals surface area contributed by atoms with E-state index in [1.54, 1.807) is 11.0 Å². The van der Waals surface area contributed by atoms with Crippen LogP contribution in [0.2, 0.25) is 0 Å². The molecule has 0 amide bonds. The Balaban J connectivity index is 2.35. The number of hydrogen-bond donors (Lipinski definition) is 2. The van der Waals surface area contributed by atoms with E-state index in [0.29, 0.717) is 18.8 Å². The Bertz CT molecular complexity index is 572. The number of nitrogens with one attached hydrogen (secondary N) is 1. The third kappa shape index (κ3) is 2.45. The first kappa shape index (κ1) is 12.8. The second-order valence-corrected chi connectivity index (χ2v) is 6.49. The second-order valence-electron chi connectivity index (χ2n) is 4.19. The minimum atomic E-state index is -2.99. The van der Waals surface area contributed by atoms with Crippen molar-refractivity contribution in [3.8, 4) is 0 Å². The summed E-state index contributed by atoms with van der Waals surface area (Å²) in [7, 11) is -2.99. The maximum Gasteiger partial charge on any atom is 0.153 e. The van der Waals surface area contributed by atoms with Gasteiger partial charge >= 0.3 is 0 Å². The van der Waals surface area contributed by atoms with Crippen LogP contribution in [-0.2, 0) is 9.84 Å². The van der Waals surface area contributed by atoms with Crippen LogP contribution in [0.3, 0.4) is 0 Å². The van der Waals surface area contributed by atoms with Crippen molar-refractivity contribution < 1.29 is 12.8 Å². The van der Waals surface area contributed by atoms with Crippen LogP contribution in [0.25, 0.3) is 0 Å². The lowest BCUT2D eigenvalue weighted by Gasteiger charge is -2.30. The molecule has 0 spiro atoms. The first-order valence-corrected chi connectivity index (χ1v) is 7.31. The number of benzene rings is 1. The van der Waals surface area contributed by atoms with E-state index in [-0.39, 0.29) is 22.9 Å². The van der Waals surface area contributed by atoms with Gasteiger partial charge in [-0.05, 0) is 12.1 Å². The first-order chi connectivity index (χ1) is 8.41. The number of anilines is 1. The molecule has 3 N–H and O–H groups in total. The second kappa shape index (κ2) is 4.56. The highest BCUT2D eigenvalue weighted by Gasteiger charge is 2.24. The quantitative estimate of drug-likeness (QED) is 0.600. The van der Waals surface area contributed by atoms with E-state index in [0.717, 1.165) is 0 Å². The summed E-state index contributed by atoms with van der Waals surface area (Å²) in [5.41, 5.74) is 5.90. The fourth-order valence-corrected chi connectivity index (χ4v) is 3.20. The molecule has 0 aliphatic carbocycles. The van der Waals surface area contributed by atoms with Crippen molar-refractivity contribution >= 4 is 21.4 Å². The molecule has 1 aliphatic heterocycles. The van der Waals surface area contributed by atoms with E-state index in [1.165, 1.54) is 12.1 Å². The van der Waals surface area contributed by atoms with Crippen LogP contribution in [-0.4, -0.2) is 38.8 Å². The monoisotopic (exact) mass is 271 g/mol. The first-order valence-electron chi connectivity index (χ1n) is 5.49. The van der Waals surface area contributed by atoms with Gasteiger partial charge in [-0.2, -0.15) is 0 Å². The summed E-state index contributed by atoms with van der Waals surface area (Å²) in [6, 6.07) is 4.42. The summed E-state index contributed by atoms with van der Waals surface area (Å²) in [5.74, 6) is -0.827. The van der Waals surface area contributed by atoms with Crippen LogP contribution < -0.4 is 10.6 Å². The predicted octanol–water partition coefficient (Wildman–Crippen LogP) is 0.345. The van der Waals surface area contributed by atoms with Gasteiger partial charge in [0.05, 0.1) is 22.8 Å². The fourth-order valence-electron chi connectivity index (χ4n) is 2.00. The van der Waals surface area contributed by atoms with Crippen molar-refractivity contribution in [2.45, 2.75) is 0 Å². The van der Waals surface area contributed by atoms with E-state index >= 15 is 0 Å². The van der Waals surface area contributed by atoms with E-state index in [1.807, 2.05) is 0 Å². The Hall–Kier alpha value is -1.63. The SMILES string of the molecule is N=C(N)c1c(F)cccc1N1CCS(=O)(=O)CC1. The van der Waals surface area contributed by atoms with Crippen molar-refractivity contribution in [1.82, 2.24) is 0 Å². The summed E-state index contributed by atoms with van der Waals surface area (Å²) >= 11 is 0. The highest BCUT2D eigenvalue weighted by Crippen LogP contribution is 2.24. The molecule has 98 valence electrons. The number of nitrogen functional groups attached to an aromatic ring is 1. The van der Waals surface area contributed by atoms with Crippen LogP contribution >= 0.6 is 0 Å². The number of amidine groups is 1. The lowest BCUT2D eigenvalue weighted by atomic mass is 10.1. The Kier molecular flexibility index (Phi) is 3.25. The van der Waals surface area contributed by atoms with Gasteiger partial charge in [-0.25, -0.2) is 12.8 Å². The number of rotatable bonds is 2. The van der Waals surface area contributed by atoms with Crippen molar-refractivity contribution in [1.29, 1.82) is 5.41 Å². The van der Waals surface area contributed by atoms with Crippen LogP contribution in [0.5, 0.6) is 0 Å². The average molecular weight is 271 g/mol. The number of sulfone groups is 1. The summed E-state index contributed by atoms with van der Waals surface area (Å²) < 4.78 is 36.3. The molecule has 1 aromatic carbocycles. The summed E-state index contributed by atoms with van der Waals surface area (Å²) in [4.78, 5) is 1.75. The van der Waals surface area contributed by atoms with E-state index in [4.69, 9.17) is 11.1 Å². The highest BCUT2D eigenvalue weighted by atomic mass is 32.2. The largest absolute Gasteiger partial charge is 0.384 e. The summed E-state index contributed by atoms with van der Waals surface area (Å²) in [6.07, 6.45) is 0. The molecule has 1 aromatic rings. The Morgan fingerprint density at radius 3 is 2.50 bits per heavy atom. The van der Waals surface area contributed by atoms with Gasteiger partial charge in [-0.1, -0.05) is 6.07 Å². The minimum Gasteiger partial charge on any atom is -0.384 e. The van der Waals surface area contributed by atoms with Crippen LogP contribution in [0.4, 0.5) is 10.1 Å². The van der Waals surface area contributed by atoms with Crippen LogP contribution in [0.15, 0.2) is 18.2 Å². The smallest absolute Gasteiger partial charge is 0.153 e. The number of hydrogen-bond acceptors (Lipinski definition) is 4. The summed E-state index contributed by atoms with van der Waals surface area (Å²) in [6.45, 7) is 0.595. The van der Waals surface area contributed by atoms with Crippen molar-refractivity contribution in [3.63, 3.8) is 0 Å². The molecule has 1 aliphatic rings. The molecule has 0 saturated carbocycles. The van der Waals surface area contributed by atoms with Crippen molar-refractivity contribution in [2.75, 3.05) is 29.5 Å². The molecule has 1 saturated heterocycles. The van der Waals surface area contributed by atoms with Crippen LogP contribution in [0, 0.1) is 11.2 Å². The van der Waals surface area contributed by atoms with Gasteiger partial charge in [0.25, 0.3) is 0 Å². The molecule has 7 heteroatoms. The summed E-state index contributed by atoms with van der Waals surface area (Å²) in [5, 5.41) is 7.41. The van der Waals surface area contributed by atoms with Gasteiger partial charge in [0, 0.05) is 13.1 Å². The van der Waals surface area contributed by atoms with Gasteiger partial charge in [0.2, 0.25) is 0 Å². The fraction of sp³-hybridized carbons (Fsp3) is 0.364. The zero-order valence-electron chi connectivity index (χ0n) is 9.69. The minimum absolute atomic E-state index is 0.0387. The molecule has 5 nitrogen and oxygen atoms in total. The Morgan fingerprint density at radius 2 is 1.94 bits per heavy atom. The van der Waals surface area contributed by atoms with Gasteiger partial charge in [-0.15, -0.1) is 0 Å². The molecule has 18 heavy (non-hydrogen) atoms. The molecule has 1 heterocycles. The molecule has 0 atom stereocenters. The number of nitrogens with two attached hydrogens (primary N) is 1. The standard InChI is InChI=1S/C11H14FN3O2S/c12-8-2-1-3-9(10(8)11(13)14)15-4-6-18(16,17)7-5-15/h1-3H,4-7H2,(H3,13,14). The molecular weight excluding hydrogens is 257 g/mol. The lowest BCUT2D eigenvalue weighted by molar-refractivity contribution is 0.586. The molecule has 1 fully saturated rings. The molecule has 0 unspecified atom stereocenters. The molecule has 2 rings (SSSR count). The normalized spacial score (nSPS) is 18.6. The van der Waals surface area contributed by atoms with Crippen molar-refractivity contribution in [2.24, 2.45) is 5.73 Å². The third-order valence-corrected chi connectivity index (χ3v) is 4.56. The Labute approximate surface area is 105 Å². The topological polar surface area (TPSA) is 87.2 Å². The maximum absolute atomic E-state index is 13.6. The van der Waals surface area contributed by atoms with E-state index < -0.39 is 15.7 Å². The van der Waals surface area contributed by atoms with Gasteiger partial charge < -0.3 is 10.6 Å². The average Bonchev–Trinajstić information content (AvgIpc) is 2.28. The Morgan fingerprint density at radius 1 is 1.33 bits per heavy atom. The third-order valence-electron chi connectivity index (χ3n) is 2.95. The number of nitrogens with zero attached hydrogens (tertiary/aromatic N) is 1. The van der Waals surface area contributed by atoms with Crippen molar-refractivity contribution in [3.05, 3.63) is 29.6 Å². The zero-order valence-corrected chi connectivity index (χ0v) is 10.5. The van der Waals surface area contributed by atoms with E-state index in [9.17, 15) is 12.8 Å². The molecule has 0 aromatic heterocycles. The van der Waals surface area contributed by atoms with Gasteiger partial charge in [-0.3, -0.25) is 5.41 Å². The van der Waals surface area contributed by atoms with Gasteiger partial charge in [0.15, 0.2) is 9.84 Å². The zero-order chi connectivity index (χ0) is 13.3. The van der Waals surface area contributed by atoms with Gasteiger partial charge in [0.1, 0.15) is 11.7 Å². The lowest BCUT2D eigenvalue weighted by Crippen LogP contribution is -2.41. The highest BCUT2D eigenvalue weighted by molar-refractivity contribution is 7.91.